The number of hydrogen-bond acceptors (Lipinski definition) is 3. The maximum Gasteiger partial charge on any atom is 0.257 e. The van der Waals surface area contributed by atoms with Crippen molar-refractivity contribution in [1.82, 2.24) is 10.2 Å². The van der Waals surface area contributed by atoms with Crippen molar-refractivity contribution in [3.8, 4) is 5.75 Å². The summed E-state index contributed by atoms with van der Waals surface area (Å²) in [5.41, 5.74) is 1.55. The first kappa shape index (κ1) is 18.3. The lowest BCUT2D eigenvalue weighted by atomic mass is 9.92. The normalized spacial score (nSPS) is 22.2. The molecule has 2 aromatic rings. The number of ether oxygens (including phenoxy) is 1. The summed E-state index contributed by atoms with van der Waals surface area (Å²) in [6.07, 6.45) is 2.15. The Hall–Kier alpha value is -2.04. The third-order valence-corrected chi connectivity index (χ3v) is 6.13. The van der Waals surface area contributed by atoms with Crippen LogP contribution in [0, 0.1) is 11.8 Å². The molecule has 2 aromatic carbocycles. The number of fused-ring (bicyclic) bond motifs is 1. The minimum atomic E-state index is 0.0673. The Labute approximate surface area is 165 Å². The average molecular weight is 385 g/mol. The molecule has 142 valence electrons. The van der Waals surface area contributed by atoms with Gasteiger partial charge in [0.25, 0.3) is 5.91 Å². The Kier molecular flexibility index (Phi) is 5.65. The molecule has 4 nitrogen and oxygen atoms in total. The van der Waals surface area contributed by atoms with Crippen LogP contribution in [-0.2, 0) is 6.61 Å². The van der Waals surface area contributed by atoms with E-state index in [2.05, 4.69) is 5.32 Å². The summed E-state index contributed by atoms with van der Waals surface area (Å²) in [5, 5.41) is 4.15. The molecule has 2 heterocycles. The van der Waals surface area contributed by atoms with Crippen LogP contribution in [0.25, 0.3) is 0 Å². The number of benzene rings is 2. The molecule has 1 N–H and O–H groups in total. The molecule has 2 saturated heterocycles. The van der Waals surface area contributed by atoms with Gasteiger partial charge in [-0.15, -0.1) is 0 Å². The van der Waals surface area contributed by atoms with Crippen LogP contribution in [0.1, 0.15) is 28.8 Å². The predicted molar refractivity (Wildman–Crippen MR) is 107 cm³/mol. The molecular formula is C22H25ClN2O2. The highest BCUT2D eigenvalue weighted by Gasteiger charge is 2.32. The molecule has 2 aliphatic rings. The molecule has 1 amide bonds. The van der Waals surface area contributed by atoms with Crippen LogP contribution in [0.2, 0.25) is 5.02 Å². The van der Waals surface area contributed by atoms with E-state index in [0.717, 1.165) is 44.6 Å². The van der Waals surface area contributed by atoms with Crippen molar-refractivity contribution in [2.75, 3.05) is 26.2 Å². The second-order valence-electron chi connectivity index (χ2n) is 7.42. The van der Waals surface area contributed by atoms with E-state index in [0.29, 0.717) is 34.8 Å². The number of hydrogen-bond donors (Lipinski definition) is 1. The van der Waals surface area contributed by atoms with Gasteiger partial charge in [0.15, 0.2) is 0 Å². The van der Waals surface area contributed by atoms with Crippen LogP contribution in [0.4, 0.5) is 0 Å². The van der Waals surface area contributed by atoms with Crippen LogP contribution in [0.3, 0.4) is 0 Å². The molecular weight excluding hydrogens is 360 g/mol. The third kappa shape index (κ3) is 4.12. The maximum absolute atomic E-state index is 13.2. The molecule has 5 heteroatoms. The van der Waals surface area contributed by atoms with E-state index in [-0.39, 0.29) is 5.91 Å². The molecule has 2 atom stereocenters. The number of nitrogens with one attached hydrogen (secondary N) is 1. The molecule has 0 saturated carbocycles. The van der Waals surface area contributed by atoms with Gasteiger partial charge in [0.1, 0.15) is 12.4 Å². The van der Waals surface area contributed by atoms with E-state index < -0.39 is 0 Å². The number of amides is 1. The van der Waals surface area contributed by atoms with E-state index in [4.69, 9.17) is 16.3 Å². The summed E-state index contributed by atoms with van der Waals surface area (Å²) in [7, 11) is 0. The second-order valence-corrected chi connectivity index (χ2v) is 7.83. The van der Waals surface area contributed by atoms with Crippen LogP contribution in [0.15, 0.2) is 48.5 Å². The molecule has 2 aliphatic heterocycles. The van der Waals surface area contributed by atoms with Crippen LogP contribution >= 0.6 is 11.6 Å². The summed E-state index contributed by atoms with van der Waals surface area (Å²) in [5.74, 6) is 2.09. The lowest BCUT2D eigenvalue weighted by Crippen LogP contribution is -2.33. The zero-order chi connectivity index (χ0) is 18.6. The van der Waals surface area contributed by atoms with Gasteiger partial charge in [0.05, 0.1) is 5.56 Å². The van der Waals surface area contributed by atoms with Gasteiger partial charge < -0.3 is 15.0 Å². The van der Waals surface area contributed by atoms with E-state index >= 15 is 0 Å². The summed E-state index contributed by atoms with van der Waals surface area (Å²) < 4.78 is 5.98. The highest BCUT2D eigenvalue weighted by molar-refractivity contribution is 6.31. The Bertz CT molecular complexity index is 796. The molecule has 0 aromatic heterocycles. The molecule has 0 spiro atoms. The molecule has 2 fully saturated rings. The summed E-state index contributed by atoms with van der Waals surface area (Å²) in [6.45, 7) is 4.16. The number of para-hydroxylation sites is 1. The lowest BCUT2D eigenvalue weighted by Gasteiger charge is -2.22. The van der Waals surface area contributed by atoms with Crippen molar-refractivity contribution in [3.05, 3.63) is 64.7 Å². The minimum absolute atomic E-state index is 0.0673. The Morgan fingerprint density at radius 1 is 1.04 bits per heavy atom. The van der Waals surface area contributed by atoms with Crippen molar-refractivity contribution in [2.45, 2.75) is 19.4 Å². The fourth-order valence-electron chi connectivity index (χ4n) is 4.13. The zero-order valence-electron chi connectivity index (χ0n) is 15.4. The van der Waals surface area contributed by atoms with Gasteiger partial charge >= 0.3 is 0 Å². The fraction of sp³-hybridized carbons (Fsp3) is 0.409. The van der Waals surface area contributed by atoms with Gasteiger partial charge in [0, 0.05) is 23.7 Å². The second kappa shape index (κ2) is 8.32. The first-order valence-electron chi connectivity index (χ1n) is 9.67. The maximum atomic E-state index is 13.2. The van der Waals surface area contributed by atoms with Crippen LogP contribution in [0.5, 0.6) is 5.75 Å². The molecule has 0 aliphatic carbocycles. The highest BCUT2D eigenvalue weighted by atomic mass is 35.5. The smallest absolute Gasteiger partial charge is 0.257 e. The van der Waals surface area contributed by atoms with E-state index in [1.807, 2.05) is 53.4 Å². The zero-order valence-corrected chi connectivity index (χ0v) is 16.1. The van der Waals surface area contributed by atoms with Crippen molar-refractivity contribution in [1.29, 1.82) is 0 Å². The van der Waals surface area contributed by atoms with Gasteiger partial charge in [0.2, 0.25) is 0 Å². The summed E-state index contributed by atoms with van der Waals surface area (Å²) in [4.78, 5) is 15.2. The van der Waals surface area contributed by atoms with Crippen LogP contribution < -0.4 is 10.1 Å². The monoisotopic (exact) mass is 384 g/mol. The predicted octanol–water partition coefficient (Wildman–Crippen LogP) is 3.99. The van der Waals surface area contributed by atoms with Crippen molar-refractivity contribution in [3.63, 3.8) is 0 Å². The molecule has 4 rings (SSSR count). The fourth-order valence-corrected chi connectivity index (χ4v) is 4.32. The van der Waals surface area contributed by atoms with Gasteiger partial charge in [-0.2, -0.15) is 0 Å². The number of halogens is 1. The minimum Gasteiger partial charge on any atom is -0.488 e. The number of likely N-dealkylation sites (tertiary alicyclic amines) is 1. The first-order chi connectivity index (χ1) is 13.2. The Morgan fingerprint density at radius 3 is 2.44 bits per heavy atom. The van der Waals surface area contributed by atoms with Crippen molar-refractivity contribution < 1.29 is 9.53 Å². The number of carbonyl (C=O) groups is 1. The van der Waals surface area contributed by atoms with Crippen LogP contribution in [-0.4, -0.2) is 37.0 Å². The average Bonchev–Trinajstić information content (AvgIpc) is 3.05. The lowest BCUT2D eigenvalue weighted by molar-refractivity contribution is 0.0753. The van der Waals surface area contributed by atoms with Gasteiger partial charge in [-0.05, 0) is 56.0 Å². The quantitative estimate of drug-likeness (QED) is 0.866. The Morgan fingerprint density at radius 2 is 1.70 bits per heavy atom. The Balaban J connectivity index is 1.47. The third-order valence-electron chi connectivity index (χ3n) is 5.77. The van der Waals surface area contributed by atoms with E-state index in [9.17, 15) is 4.79 Å². The van der Waals surface area contributed by atoms with Crippen molar-refractivity contribution >= 4 is 17.5 Å². The molecule has 0 unspecified atom stereocenters. The number of nitrogens with zero attached hydrogens (tertiary/aromatic N) is 1. The standard InChI is InChI=1S/C22H25ClN2O2/c23-20-7-3-1-5-18(20)15-27-21-8-4-2-6-19(21)22(26)25-11-9-16-13-24-14-17(16)10-12-25/h1-8,16-17,24H,9-15H2/t16-,17+. The number of carbonyl (C=O) groups excluding carboxylic acids is 1. The molecule has 0 radical (unpaired) electrons. The summed E-state index contributed by atoms with van der Waals surface area (Å²) >= 11 is 6.22. The van der Waals surface area contributed by atoms with Gasteiger partial charge in [-0.25, -0.2) is 0 Å². The topological polar surface area (TPSA) is 41.6 Å². The molecule has 27 heavy (non-hydrogen) atoms. The SMILES string of the molecule is O=C(c1ccccc1OCc1ccccc1Cl)N1CC[C@@H]2CNC[C@@H]2CC1. The molecule has 0 bridgehead atoms. The number of rotatable bonds is 4. The summed E-state index contributed by atoms with van der Waals surface area (Å²) in [6, 6.07) is 15.1. The van der Waals surface area contributed by atoms with Gasteiger partial charge in [-0.3, -0.25) is 4.79 Å². The van der Waals surface area contributed by atoms with E-state index in [1.165, 1.54) is 0 Å². The van der Waals surface area contributed by atoms with Crippen molar-refractivity contribution in [2.24, 2.45) is 11.8 Å². The highest BCUT2D eigenvalue weighted by Crippen LogP contribution is 2.29. The van der Waals surface area contributed by atoms with Gasteiger partial charge in [-0.1, -0.05) is 41.9 Å². The first-order valence-corrected chi connectivity index (χ1v) is 10.1. The van der Waals surface area contributed by atoms with E-state index in [1.54, 1.807) is 0 Å². The largest absolute Gasteiger partial charge is 0.488 e.